The average molecular weight is 368 g/mol. The molecule has 2 rings (SSSR count). The van der Waals surface area contributed by atoms with Crippen LogP contribution in [-0.2, 0) is 9.53 Å². The van der Waals surface area contributed by atoms with E-state index in [-0.39, 0.29) is 23.4 Å². The summed E-state index contributed by atoms with van der Waals surface area (Å²) in [5.41, 5.74) is 1.38. The van der Waals surface area contributed by atoms with Gasteiger partial charge in [-0.2, -0.15) is 0 Å². The molecule has 27 heavy (non-hydrogen) atoms. The topological polar surface area (TPSA) is 72.8 Å². The first-order chi connectivity index (χ1) is 12.9. The number of rotatable bonds is 7. The van der Waals surface area contributed by atoms with Gasteiger partial charge in [0.2, 0.25) is 0 Å². The van der Waals surface area contributed by atoms with Crippen LogP contribution in [0.25, 0.3) is 6.08 Å². The second-order valence-electron chi connectivity index (χ2n) is 6.31. The van der Waals surface area contributed by atoms with Crippen LogP contribution >= 0.6 is 0 Å². The third kappa shape index (κ3) is 5.99. The van der Waals surface area contributed by atoms with Crippen LogP contribution in [0.15, 0.2) is 54.1 Å². The molecule has 1 N–H and O–H groups in total. The molecule has 0 spiro atoms. The van der Waals surface area contributed by atoms with Gasteiger partial charge in [0, 0.05) is 5.57 Å². The van der Waals surface area contributed by atoms with Crippen molar-refractivity contribution in [1.29, 1.82) is 0 Å². The maximum absolute atomic E-state index is 12.1. The zero-order valence-electron chi connectivity index (χ0n) is 15.8. The lowest BCUT2D eigenvalue weighted by Crippen LogP contribution is -2.15. The molecule has 0 fully saturated rings. The lowest BCUT2D eigenvalue weighted by molar-refractivity contribution is -0.143. The molecule has 5 nitrogen and oxygen atoms in total. The number of ether oxygens (including phenoxy) is 2. The summed E-state index contributed by atoms with van der Waals surface area (Å²) < 4.78 is 10.6. The van der Waals surface area contributed by atoms with E-state index in [2.05, 4.69) is 0 Å². The van der Waals surface area contributed by atoms with E-state index < -0.39 is 5.97 Å². The number of benzene rings is 2. The van der Waals surface area contributed by atoms with E-state index in [0.29, 0.717) is 11.3 Å². The minimum absolute atomic E-state index is 0.0984. The Morgan fingerprint density at radius 1 is 1.11 bits per heavy atom. The van der Waals surface area contributed by atoms with Gasteiger partial charge in [0.25, 0.3) is 0 Å². The summed E-state index contributed by atoms with van der Waals surface area (Å²) in [6.07, 6.45) is 3.39. The van der Waals surface area contributed by atoms with Crippen LogP contribution in [0.4, 0.5) is 0 Å². The molecule has 0 heterocycles. The first-order valence-electron chi connectivity index (χ1n) is 8.90. The van der Waals surface area contributed by atoms with Crippen LogP contribution < -0.4 is 4.74 Å². The summed E-state index contributed by atoms with van der Waals surface area (Å²) >= 11 is 0. The number of carbonyl (C=O) groups excluding carboxylic acids is 2. The second-order valence-corrected chi connectivity index (χ2v) is 6.31. The molecular weight excluding hydrogens is 344 g/mol. The highest BCUT2D eigenvalue weighted by atomic mass is 16.5. The minimum Gasteiger partial charge on any atom is -0.507 e. The van der Waals surface area contributed by atoms with Crippen LogP contribution in [-0.4, -0.2) is 23.1 Å². The molecule has 0 aliphatic heterocycles. The van der Waals surface area contributed by atoms with Gasteiger partial charge in [-0.1, -0.05) is 37.6 Å². The van der Waals surface area contributed by atoms with Gasteiger partial charge in [-0.3, -0.25) is 0 Å². The Hall–Kier alpha value is -3.08. The molecule has 0 aromatic heterocycles. The van der Waals surface area contributed by atoms with Gasteiger partial charge < -0.3 is 14.6 Å². The van der Waals surface area contributed by atoms with Gasteiger partial charge in [0.15, 0.2) is 0 Å². The van der Waals surface area contributed by atoms with Crippen molar-refractivity contribution in [3.63, 3.8) is 0 Å². The predicted octanol–water partition coefficient (Wildman–Crippen LogP) is 4.75. The fourth-order valence-electron chi connectivity index (χ4n) is 2.49. The van der Waals surface area contributed by atoms with E-state index in [1.165, 1.54) is 12.1 Å². The van der Waals surface area contributed by atoms with Crippen molar-refractivity contribution in [2.75, 3.05) is 0 Å². The standard InChI is InChI=1S/C22H24O5/c1-4-7-16(3)26-21(24)15(2)14-17-10-12-18(13-11-17)27-22(25)19-8-5-6-9-20(19)23/h5-6,8-14,16,23H,4,7H2,1-3H3/b15-14+. The highest BCUT2D eigenvalue weighted by molar-refractivity contribution is 5.94. The lowest BCUT2D eigenvalue weighted by Gasteiger charge is -2.12. The third-order valence-electron chi connectivity index (χ3n) is 3.92. The second kappa shape index (κ2) is 9.57. The van der Waals surface area contributed by atoms with Gasteiger partial charge >= 0.3 is 11.9 Å². The molecular formula is C22H24O5. The zero-order chi connectivity index (χ0) is 19.8. The molecule has 1 atom stereocenters. The Morgan fingerprint density at radius 2 is 1.78 bits per heavy atom. The number of phenols is 1. The summed E-state index contributed by atoms with van der Waals surface area (Å²) in [5, 5.41) is 9.70. The van der Waals surface area contributed by atoms with Crippen molar-refractivity contribution in [1.82, 2.24) is 0 Å². The zero-order valence-corrected chi connectivity index (χ0v) is 15.8. The Labute approximate surface area is 159 Å². The number of aromatic hydroxyl groups is 1. The molecule has 2 aromatic carbocycles. The van der Waals surface area contributed by atoms with Crippen molar-refractivity contribution in [3.05, 3.63) is 65.2 Å². The number of hydrogen-bond acceptors (Lipinski definition) is 5. The lowest BCUT2D eigenvalue weighted by atomic mass is 10.1. The number of esters is 2. The maximum Gasteiger partial charge on any atom is 0.347 e. The molecule has 2 aromatic rings. The highest BCUT2D eigenvalue weighted by Gasteiger charge is 2.13. The van der Waals surface area contributed by atoms with Crippen LogP contribution in [0.2, 0.25) is 0 Å². The molecule has 142 valence electrons. The highest BCUT2D eigenvalue weighted by Crippen LogP contribution is 2.20. The molecule has 5 heteroatoms. The summed E-state index contributed by atoms with van der Waals surface area (Å²) in [7, 11) is 0. The van der Waals surface area contributed by atoms with E-state index in [0.717, 1.165) is 18.4 Å². The van der Waals surface area contributed by atoms with Gasteiger partial charge in [-0.15, -0.1) is 0 Å². The molecule has 1 unspecified atom stereocenters. The molecule has 0 saturated carbocycles. The SMILES string of the molecule is CCCC(C)OC(=O)/C(C)=C/c1ccc(OC(=O)c2ccccc2O)cc1. The fraction of sp³-hybridized carbons (Fsp3) is 0.273. The third-order valence-corrected chi connectivity index (χ3v) is 3.92. The monoisotopic (exact) mass is 368 g/mol. The van der Waals surface area contributed by atoms with E-state index in [9.17, 15) is 14.7 Å². The van der Waals surface area contributed by atoms with Gasteiger partial charge in [0.05, 0.1) is 6.10 Å². The van der Waals surface area contributed by atoms with E-state index in [1.54, 1.807) is 49.4 Å². The van der Waals surface area contributed by atoms with E-state index in [4.69, 9.17) is 9.47 Å². The summed E-state index contributed by atoms with van der Waals surface area (Å²) in [6, 6.07) is 12.9. The normalized spacial score (nSPS) is 12.3. The number of phenolic OH excluding ortho intramolecular Hbond substituents is 1. The van der Waals surface area contributed by atoms with Crippen molar-refractivity contribution in [2.45, 2.75) is 39.7 Å². The number of para-hydroxylation sites is 1. The Bertz CT molecular complexity index is 821. The Morgan fingerprint density at radius 3 is 2.41 bits per heavy atom. The average Bonchev–Trinajstić information content (AvgIpc) is 2.63. The maximum atomic E-state index is 12.1. The van der Waals surface area contributed by atoms with E-state index >= 15 is 0 Å². The molecule has 0 amide bonds. The van der Waals surface area contributed by atoms with Crippen molar-refractivity contribution in [2.24, 2.45) is 0 Å². The van der Waals surface area contributed by atoms with Crippen LogP contribution in [0.5, 0.6) is 11.5 Å². The summed E-state index contributed by atoms with van der Waals surface area (Å²) in [6.45, 7) is 5.62. The number of hydrogen-bond donors (Lipinski definition) is 1. The van der Waals surface area contributed by atoms with E-state index in [1.807, 2.05) is 13.8 Å². The quantitative estimate of drug-likeness (QED) is 0.434. The molecule has 0 aliphatic carbocycles. The molecule has 0 saturated heterocycles. The Balaban J connectivity index is 2.01. The van der Waals surface area contributed by atoms with Gasteiger partial charge in [-0.05, 0) is 56.2 Å². The largest absolute Gasteiger partial charge is 0.507 e. The van der Waals surface area contributed by atoms with Gasteiger partial charge in [0.1, 0.15) is 17.1 Å². The van der Waals surface area contributed by atoms with Crippen LogP contribution in [0.3, 0.4) is 0 Å². The summed E-state index contributed by atoms with van der Waals surface area (Å²) in [4.78, 5) is 24.1. The van der Waals surface area contributed by atoms with Crippen molar-refractivity contribution in [3.8, 4) is 11.5 Å². The molecule has 0 bridgehead atoms. The van der Waals surface area contributed by atoms with Crippen LogP contribution in [0, 0.1) is 0 Å². The Kier molecular flexibility index (Phi) is 7.17. The fourth-order valence-corrected chi connectivity index (χ4v) is 2.49. The molecule has 0 aliphatic rings. The first-order valence-corrected chi connectivity index (χ1v) is 8.90. The minimum atomic E-state index is -0.638. The van der Waals surface area contributed by atoms with Crippen LogP contribution in [0.1, 0.15) is 49.5 Å². The predicted molar refractivity (Wildman–Crippen MR) is 104 cm³/mol. The number of carbonyl (C=O) groups is 2. The summed E-state index contributed by atoms with van der Waals surface area (Å²) in [5.74, 6) is -0.766. The van der Waals surface area contributed by atoms with Crippen molar-refractivity contribution < 1.29 is 24.2 Å². The van der Waals surface area contributed by atoms with Gasteiger partial charge in [-0.25, -0.2) is 9.59 Å². The molecule has 0 radical (unpaired) electrons. The first kappa shape index (κ1) is 20.2. The smallest absolute Gasteiger partial charge is 0.347 e. The van der Waals surface area contributed by atoms with Crippen molar-refractivity contribution >= 4 is 18.0 Å².